The number of aromatic amines is 1. The molecule has 0 radical (unpaired) electrons. The number of nitrogens with zero attached hydrogens (tertiary/aromatic N) is 1. The molecule has 0 aliphatic rings. The van der Waals surface area contributed by atoms with Crippen LogP contribution in [0.15, 0.2) is 34.2 Å². The lowest BCUT2D eigenvalue weighted by Gasteiger charge is -2.12. The van der Waals surface area contributed by atoms with Gasteiger partial charge in [0.25, 0.3) is 5.56 Å². The maximum atomic E-state index is 12.3. The van der Waals surface area contributed by atoms with Crippen molar-refractivity contribution < 1.29 is 4.79 Å². The molecule has 0 aliphatic carbocycles. The molecule has 0 saturated heterocycles. The maximum absolute atomic E-state index is 12.3. The lowest BCUT2D eigenvalue weighted by Crippen LogP contribution is -2.35. The van der Waals surface area contributed by atoms with Crippen LogP contribution in [0, 0.1) is 6.92 Å². The first-order valence-electron chi connectivity index (χ1n) is 8.15. The van der Waals surface area contributed by atoms with E-state index in [9.17, 15) is 9.59 Å². The van der Waals surface area contributed by atoms with E-state index in [0.29, 0.717) is 27.2 Å². The smallest absolute Gasteiger partial charge is 0.255 e. The molecule has 2 rings (SSSR count). The van der Waals surface area contributed by atoms with Gasteiger partial charge in [0.15, 0.2) is 5.16 Å². The molecule has 2 aromatic rings. The van der Waals surface area contributed by atoms with E-state index in [-0.39, 0.29) is 23.9 Å². The zero-order valence-electron chi connectivity index (χ0n) is 14.6. The molecule has 1 atom stereocenters. The molecule has 1 heterocycles. The van der Waals surface area contributed by atoms with Crippen LogP contribution < -0.4 is 10.9 Å². The minimum atomic E-state index is -0.264. The number of aryl methyl sites for hydroxylation is 1. The van der Waals surface area contributed by atoms with Crippen molar-refractivity contribution in [2.75, 3.05) is 0 Å². The number of amides is 1. The largest absolute Gasteiger partial charge is 0.353 e. The minimum Gasteiger partial charge on any atom is -0.353 e. The van der Waals surface area contributed by atoms with E-state index >= 15 is 0 Å². The summed E-state index contributed by atoms with van der Waals surface area (Å²) in [5, 5.41) is 4.08. The van der Waals surface area contributed by atoms with Crippen LogP contribution in [0.25, 0.3) is 0 Å². The van der Waals surface area contributed by atoms with E-state index in [1.807, 2.05) is 38.1 Å². The fourth-order valence-electron chi connectivity index (χ4n) is 2.23. The van der Waals surface area contributed by atoms with Crippen LogP contribution >= 0.6 is 23.4 Å². The van der Waals surface area contributed by atoms with Gasteiger partial charge in [0, 0.05) is 28.1 Å². The Morgan fingerprint density at radius 1 is 1.44 bits per heavy atom. The van der Waals surface area contributed by atoms with Gasteiger partial charge in [-0.3, -0.25) is 9.59 Å². The number of carbonyl (C=O) groups is 1. The van der Waals surface area contributed by atoms with Crippen molar-refractivity contribution in [3.05, 3.63) is 56.5 Å². The van der Waals surface area contributed by atoms with Gasteiger partial charge in [-0.25, -0.2) is 4.98 Å². The summed E-state index contributed by atoms with van der Waals surface area (Å²) in [5.74, 6) is 0.487. The number of benzene rings is 1. The monoisotopic (exact) mass is 379 g/mol. The van der Waals surface area contributed by atoms with E-state index in [1.54, 1.807) is 6.92 Å². The zero-order valence-corrected chi connectivity index (χ0v) is 16.1. The zero-order chi connectivity index (χ0) is 18.4. The number of hydrogen-bond acceptors (Lipinski definition) is 4. The third-order valence-electron chi connectivity index (χ3n) is 3.82. The number of H-pyrrole nitrogens is 1. The molecule has 1 amide bonds. The van der Waals surface area contributed by atoms with Crippen LogP contribution in [0.4, 0.5) is 0 Å². The fourth-order valence-corrected chi connectivity index (χ4v) is 3.29. The van der Waals surface area contributed by atoms with Gasteiger partial charge in [0.05, 0.1) is 6.42 Å². The number of aromatic nitrogens is 2. The summed E-state index contributed by atoms with van der Waals surface area (Å²) in [4.78, 5) is 31.5. The SMILES string of the molecule is CCC(C)NC(=O)Cc1c(C)nc(SCc2cccc(Cl)c2)[nH]c1=O. The average molecular weight is 380 g/mol. The van der Waals surface area contributed by atoms with Crippen LogP contribution in [0.2, 0.25) is 5.02 Å². The molecular weight excluding hydrogens is 358 g/mol. The number of rotatable bonds is 7. The molecule has 1 aromatic carbocycles. The predicted octanol–water partition coefficient (Wildman–Crippen LogP) is 3.48. The lowest BCUT2D eigenvalue weighted by atomic mass is 10.1. The highest BCUT2D eigenvalue weighted by Gasteiger charge is 2.14. The molecule has 25 heavy (non-hydrogen) atoms. The Bertz CT molecular complexity index is 807. The number of halogens is 1. The maximum Gasteiger partial charge on any atom is 0.255 e. The summed E-state index contributed by atoms with van der Waals surface area (Å²) in [5.41, 5.74) is 1.78. The predicted molar refractivity (Wildman–Crippen MR) is 102 cm³/mol. The van der Waals surface area contributed by atoms with Crippen molar-refractivity contribution >= 4 is 29.3 Å². The minimum absolute atomic E-state index is 0.0394. The average Bonchev–Trinajstić information content (AvgIpc) is 2.56. The Labute approximate surface area is 156 Å². The van der Waals surface area contributed by atoms with Gasteiger partial charge in [-0.15, -0.1) is 0 Å². The standard InChI is InChI=1S/C18H22ClN3O2S/c1-4-11(2)20-16(23)9-15-12(3)21-18(22-17(15)24)25-10-13-6-5-7-14(19)8-13/h5-8,11H,4,9-10H2,1-3H3,(H,20,23)(H,21,22,24). The molecule has 0 fully saturated rings. The van der Waals surface area contributed by atoms with Crippen molar-refractivity contribution in [3.63, 3.8) is 0 Å². The number of carbonyl (C=O) groups excluding carboxylic acids is 1. The van der Waals surface area contributed by atoms with Crippen LogP contribution in [0.1, 0.15) is 37.1 Å². The molecule has 134 valence electrons. The van der Waals surface area contributed by atoms with Gasteiger partial charge < -0.3 is 10.3 Å². The van der Waals surface area contributed by atoms with Crippen molar-refractivity contribution in [2.45, 2.75) is 50.6 Å². The Kier molecular flexibility index (Phi) is 7.08. The van der Waals surface area contributed by atoms with Gasteiger partial charge >= 0.3 is 0 Å². The van der Waals surface area contributed by atoms with Gasteiger partial charge in [0.1, 0.15) is 0 Å². The molecule has 0 spiro atoms. The second kappa shape index (κ2) is 9.06. The third-order valence-corrected chi connectivity index (χ3v) is 5.00. The summed E-state index contributed by atoms with van der Waals surface area (Å²) in [6.07, 6.45) is 0.885. The summed E-state index contributed by atoms with van der Waals surface area (Å²) in [6.45, 7) is 5.68. The van der Waals surface area contributed by atoms with Crippen LogP contribution in [-0.2, 0) is 17.0 Å². The highest BCUT2D eigenvalue weighted by atomic mass is 35.5. The first-order valence-corrected chi connectivity index (χ1v) is 9.51. The molecule has 1 unspecified atom stereocenters. The van der Waals surface area contributed by atoms with Crippen LogP contribution in [-0.4, -0.2) is 21.9 Å². The van der Waals surface area contributed by atoms with Crippen molar-refractivity contribution in [3.8, 4) is 0 Å². The summed E-state index contributed by atoms with van der Waals surface area (Å²) >= 11 is 7.40. The van der Waals surface area contributed by atoms with E-state index in [2.05, 4.69) is 15.3 Å². The molecule has 5 nitrogen and oxygen atoms in total. The van der Waals surface area contributed by atoms with E-state index < -0.39 is 0 Å². The van der Waals surface area contributed by atoms with Gasteiger partial charge in [-0.05, 0) is 38.0 Å². The Balaban J connectivity index is 2.06. The molecular formula is C18H22ClN3O2S. The topological polar surface area (TPSA) is 74.8 Å². The number of thioether (sulfide) groups is 1. The Morgan fingerprint density at radius 2 is 2.20 bits per heavy atom. The normalized spacial score (nSPS) is 12.0. The molecule has 0 saturated carbocycles. The third kappa shape index (κ3) is 5.90. The summed E-state index contributed by atoms with van der Waals surface area (Å²) in [7, 11) is 0. The van der Waals surface area contributed by atoms with Gasteiger partial charge in [0.2, 0.25) is 5.91 Å². The first kappa shape index (κ1) is 19.5. The van der Waals surface area contributed by atoms with Crippen LogP contribution in [0.5, 0.6) is 0 Å². The Hall–Kier alpha value is -1.79. The van der Waals surface area contributed by atoms with E-state index in [0.717, 1.165) is 12.0 Å². The Morgan fingerprint density at radius 3 is 2.84 bits per heavy atom. The first-order chi connectivity index (χ1) is 11.9. The highest BCUT2D eigenvalue weighted by Crippen LogP contribution is 2.21. The fraction of sp³-hybridized carbons (Fsp3) is 0.389. The highest BCUT2D eigenvalue weighted by molar-refractivity contribution is 7.98. The molecule has 0 bridgehead atoms. The van der Waals surface area contributed by atoms with E-state index in [4.69, 9.17) is 11.6 Å². The van der Waals surface area contributed by atoms with Crippen molar-refractivity contribution in [2.24, 2.45) is 0 Å². The molecule has 7 heteroatoms. The molecule has 2 N–H and O–H groups in total. The number of nitrogens with one attached hydrogen (secondary N) is 2. The van der Waals surface area contributed by atoms with Crippen molar-refractivity contribution in [1.29, 1.82) is 0 Å². The van der Waals surface area contributed by atoms with Crippen LogP contribution in [0.3, 0.4) is 0 Å². The van der Waals surface area contributed by atoms with Crippen molar-refractivity contribution in [1.82, 2.24) is 15.3 Å². The molecule has 0 aliphatic heterocycles. The summed E-state index contributed by atoms with van der Waals surface area (Å²) < 4.78 is 0. The molecule has 1 aromatic heterocycles. The second-order valence-corrected chi connectivity index (χ2v) is 7.31. The van der Waals surface area contributed by atoms with E-state index in [1.165, 1.54) is 11.8 Å². The lowest BCUT2D eigenvalue weighted by molar-refractivity contribution is -0.121. The van der Waals surface area contributed by atoms with Gasteiger partial charge in [-0.2, -0.15) is 0 Å². The number of hydrogen-bond donors (Lipinski definition) is 2. The quantitative estimate of drug-likeness (QED) is 0.570. The van der Waals surface area contributed by atoms with Gasteiger partial charge in [-0.1, -0.05) is 42.4 Å². The second-order valence-electron chi connectivity index (χ2n) is 5.91. The summed E-state index contributed by atoms with van der Waals surface area (Å²) in [6, 6.07) is 7.65.